The molecule has 35 heavy (non-hydrogen) atoms. The first-order valence-electron chi connectivity index (χ1n) is 10.6. The van der Waals surface area contributed by atoms with Crippen LogP contribution in [-0.2, 0) is 16.1 Å². The number of hydrogen-bond acceptors (Lipinski definition) is 7. The number of amides is 1. The minimum atomic E-state index is -0.992. The van der Waals surface area contributed by atoms with Crippen molar-refractivity contribution in [1.29, 1.82) is 0 Å². The Balaban J connectivity index is 1.94. The van der Waals surface area contributed by atoms with E-state index in [4.69, 9.17) is 14.2 Å². The molecule has 0 radical (unpaired) electrons. The SMILES string of the molecule is COc1cc([C@@H]2/C(=C(\O)c3ccc(F)cc3)C(=O)C(=O)N2Cc2cccnc2)cc(OC)c1OC. The van der Waals surface area contributed by atoms with Crippen molar-refractivity contribution >= 4 is 17.4 Å². The molecule has 1 fully saturated rings. The normalized spacial score (nSPS) is 16.9. The fraction of sp³-hybridized carbons (Fsp3) is 0.192. The van der Waals surface area contributed by atoms with Crippen molar-refractivity contribution in [3.63, 3.8) is 0 Å². The maximum absolute atomic E-state index is 13.5. The van der Waals surface area contributed by atoms with E-state index in [9.17, 15) is 19.1 Å². The fourth-order valence-corrected chi connectivity index (χ4v) is 4.10. The molecule has 0 aliphatic carbocycles. The molecule has 3 aromatic rings. The fourth-order valence-electron chi connectivity index (χ4n) is 4.10. The predicted octanol–water partition coefficient (Wildman–Crippen LogP) is 3.87. The van der Waals surface area contributed by atoms with Crippen molar-refractivity contribution in [2.24, 2.45) is 0 Å². The minimum Gasteiger partial charge on any atom is -0.507 e. The lowest BCUT2D eigenvalue weighted by atomic mass is 9.94. The van der Waals surface area contributed by atoms with Crippen LogP contribution < -0.4 is 14.2 Å². The number of aliphatic hydroxyl groups is 1. The maximum atomic E-state index is 13.5. The van der Waals surface area contributed by atoms with Gasteiger partial charge in [-0.1, -0.05) is 6.07 Å². The molecule has 0 spiro atoms. The van der Waals surface area contributed by atoms with Crippen LogP contribution in [-0.4, -0.2) is 48.0 Å². The van der Waals surface area contributed by atoms with Gasteiger partial charge in [-0.05, 0) is 53.6 Å². The highest BCUT2D eigenvalue weighted by Gasteiger charge is 2.46. The Morgan fingerprint density at radius 2 is 1.69 bits per heavy atom. The molecule has 1 aliphatic heterocycles. The summed E-state index contributed by atoms with van der Waals surface area (Å²) in [6.45, 7) is 0.0555. The Hall–Kier alpha value is -4.40. The molecule has 0 saturated carbocycles. The third-order valence-electron chi connectivity index (χ3n) is 5.74. The summed E-state index contributed by atoms with van der Waals surface area (Å²) in [4.78, 5) is 31.8. The van der Waals surface area contributed by atoms with Gasteiger partial charge in [0, 0.05) is 24.5 Å². The summed E-state index contributed by atoms with van der Waals surface area (Å²) in [5, 5.41) is 11.1. The molecule has 4 rings (SSSR count). The summed E-state index contributed by atoms with van der Waals surface area (Å²) in [5.41, 5.74) is 1.20. The average Bonchev–Trinajstić information content (AvgIpc) is 3.13. The van der Waals surface area contributed by atoms with Gasteiger partial charge in [0.15, 0.2) is 11.5 Å². The van der Waals surface area contributed by atoms with Gasteiger partial charge in [-0.25, -0.2) is 4.39 Å². The number of hydrogen-bond donors (Lipinski definition) is 1. The zero-order valence-corrected chi connectivity index (χ0v) is 19.3. The Bertz CT molecular complexity index is 1270. The van der Waals surface area contributed by atoms with Crippen molar-refractivity contribution in [3.8, 4) is 17.2 Å². The summed E-state index contributed by atoms with van der Waals surface area (Å²) >= 11 is 0. The van der Waals surface area contributed by atoms with Crippen LogP contribution in [0.1, 0.15) is 22.7 Å². The molecule has 180 valence electrons. The van der Waals surface area contributed by atoms with E-state index in [1.165, 1.54) is 38.4 Å². The monoisotopic (exact) mass is 478 g/mol. The second-order valence-corrected chi connectivity index (χ2v) is 7.75. The van der Waals surface area contributed by atoms with Crippen molar-refractivity contribution in [1.82, 2.24) is 9.88 Å². The van der Waals surface area contributed by atoms with Gasteiger partial charge in [-0.15, -0.1) is 0 Å². The number of likely N-dealkylation sites (tertiary alicyclic amines) is 1. The van der Waals surface area contributed by atoms with Crippen LogP contribution >= 0.6 is 0 Å². The van der Waals surface area contributed by atoms with E-state index < -0.39 is 29.3 Å². The van der Waals surface area contributed by atoms with Crippen LogP contribution in [0.25, 0.3) is 5.76 Å². The second-order valence-electron chi connectivity index (χ2n) is 7.75. The maximum Gasteiger partial charge on any atom is 0.295 e. The van der Waals surface area contributed by atoms with Crippen LogP contribution in [0, 0.1) is 5.82 Å². The number of halogens is 1. The zero-order chi connectivity index (χ0) is 25.1. The number of ether oxygens (including phenoxy) is 3. The smallest absolute Gasteiger partial charge is 0.295 e. The zero-order valence-electron chi connectivity index (χ0n) is 19.3. The van der Waals surface area contributed by atoms with Crippen LogP contribution in [0.15, 0.2) is 66.5 Å². The molecule has 2 heterocycles. The van der Waals surface area contributed by atoms with Gasteiger partial charge in [0.25, 0.3) is 11.7 Å². The number of ketones is 1. The number of nitrogens with zero attached hydrogens (tertiary/aromatic N) is 2. The lowest BCUT2D eigenvalue weighted by molar-refractivity contribution is -0.140. The first-order valence-corrected chi connectivity index (χ1v) is 10.6. The highest BCUT2D eigenvalue weighted by Crippen LogP contribution is 2.46. The van der Waals surface area contributed by atoms with Gasteiger partial charge in [0.2, 0.25) is 5.75 Å². The average molecular weight is 478 g/mol. The molecule has 0 unspecified atom stereocenters. The lowest BCUT2D eigenvalue weighted by Crippen LogP contribution is -2.29. The Morgan fingerprint density at radius 3 is 2.23 bits per heavy atom. The number of pyridine rings is 1. The number of methoxy groups -OCH3 is 3. The summed E-state index contributed by atoms with van der Waals surface area (Å²) in [6.07, 6.45) is 3.19. The van der Waals surface area contributed by atoms with E-state index in [-0.39, 0.29) is 17.7 Å². The predicted molar refractivity (Wildman–Crippen MR) is 125 cm³/mol. The summed E-state index contributed by atoms with van der Waals surface area (Å²) in [5.74, 6) is -1.62. The summed E-state index contributed by atoms with van der Waals surface area (Å²) in [7, 11) is 4.36. The Kier molecular flexibility index (Phi) is 6.68. The Labute approximate surface area is 201 Å². The van der Waals surface area contributed by atoms with Gasteiger partial charge in [0.1, 0.15) is 11.6 Å². The standard InChI is InChI=1S/C26H23FN2O6/c1-33-19-11-17(12-20(34-2)25(19)35-3)22-21(23(30)16-6-8-18(27)9-7-16)24(31)26(32)29(22)14-15-5-4-10-28-13-15/h4-13,22,30H,14H2,1-3H3/b23-21+/t22-/m1/s1. The van der Waals surface area contributed by atoms with Crippen molar-refractivity contribution in [2.45, 2.75) is 12.6 Å². The van der Waals surface area contributed by atoms with Gasteiger partial charge in [0.05, 0.1) is 32.9 Å². The minimum absolute atomic E-state index is 0.0555. The molecule has 1 aliphatic rings. The van der Waals surface area contributed by atoms with Gasteiger partial charge in [-0.3, -0.25) is 14.6 Å². The summed E-state index contributed by atoms with van der Waals surface area (Å²) in [6, 6.07) is 10.7. The van der Waals surface area contributed by atoms with Crippen molar-refractivity contribution in [3.05, 3.63) is 89.0 Å². The first kappa shape index (κ1) is 23.7. The van der Waals surface area contributed by atoms with Crippen LogP contribution in [0.4, 0.5) is 4.39 Å². The molecular formula is C26H23FN2O6. The van der Waals surface area contributed by atoms with E-state index in [1.807, 2.05) is 0 Å². The number of carbonyl (C=O) groups excluding carboxylic acids is 2. The molecule has 9 heteroatoms. The quantitative estimate of drug-likeness (QED) is 0.313. The number of aromatic nitrogens is 1. The van der Waals surface area contributed by atoms with Crippen LogP contribution in [0.3, 0.4) is 0 Å². The molecule has 1 saturated heterocycles. The molecule has 0 bridgehead atoms. The number of carbonyl (C=O) groups is 2. The number of benzene rings is 2. The third-order valence-corrected chi connectivity index (χ3v) is 5.74. The molecule has 2 aromatic carbocycles. The highest BCUT2D eigenvalue weighted by atomic mass is 19.1. The van der Waals surface area contributed by atoms with Crippen molar-refractivity contribution in [2.75, 3.05) is 21.3 Å². The largest absolute Gasteiger partial charge is 0.507 e. The lowest BCUT2D eigenvalue weighted by Gasteiger charge is -2.26. The van der Waals surface area contributed by atoms with Gasteiger partial charge < -0.3 is 24.2 Å². The van der Waals surface area contributed by atoms with E-state index in [1.54, 1.807) is 36.7 Å². The van der Waals surface area contributed by atoms with E-state index in [0.717, 1.165) is 12.1 Å². The van der Waals surface area contributed by atoms with Crippen LogP contribution in [0.5, 0.6) is 17.2 Å². The molecule has 1 aromatic heterocycles. The molecular weight excluding hydrogens is 455 g/mol. The van der Waals surface area contributed by atoms with E-state index in [2.05, 4.69) is 4.98 Å². The number of Topliss-reactive ketones (excluding diaryl/α,β-unsaturated/α-hetero) is 1. The van der Waals surface area contributed by atoms with E-state index >= 15 is 0 Å². The topological polar surface area (TPSA) is 98.2 Å². The van der Waals surface area contributed by atoms with Crippen molar-refractivity contribution < 1.29 is 33.3 Å². The third kappa shape index (κ3) is 4.40. The molecule has 8 nitrogen and oxygen atoms in total. The van der Waals surface area contributed by atoms with Gasteiger partial charge in [-0.2, -0.15) is 0 Å². The first-order chi connectivity index (χ1) is 16.9. The van der Waals surface area contributed by atoms with E-state index in [0.29, 0.717) is 28.4 Å². The summed E-state index contributed by atoms with van der Waals surface area (Å²) < 4.78 is 29.8. The molecule has 1 amide bonds. The molecule has 1 N–H and O–H groups in total. The van der Waals surface area contributed by atoms with Crippen LogP contribution in [0.2, 0.25) is 0 Å². The highest BCUT2D eigenvalue weighted by molar-refractivity contribution is 6.46. The van der Waals surface area contributed by atoms with Gasteiger partial charge >= 0.3 is 0 Å². The number of rotatable bonds is 7. The molecule has 1 atom stereocenters. The Morgan fingerprint density at radius 1 is 1.03 bits per heavy atom. The second kappa shape index (κ2) is 9.84. The number of aliphatic hydroxyl groups excluding tert-OH is 1.